The number of carbonyl (C=O) groups excluding carboxylic acids is 1. The van der Waals surface area contributed by atoms with Crippen molar-refractivity contribution in [3.8, 4) is 0 Å². The zero-order chi connectivity index (χ0) is 18.7. The minimum absolute atomic E-state index is 0.117. The molecule has 1 aliphatic rings. The lowest BCUT2D eigenvalue weighted by Crippen LogP contribution is -2.38. The summed E-state index contributed by atoms with van der Waals surface area (Å²) < 4.78 is 39.0. The van der Waals surface area contributed by atoms with Gasteiger partial charge in [-0.25, -0.2) is 0 Å². The molecule has 0 bridgehead atoms. The van der Waals surface area contributed by atoms with Crippen LogP contribution in [-0.4, -0.2) is 16.9 Å². The van der Waals surface area contributed by atoms with Crippen molar-refractivity contribution in [1.29, 1.82) is 0 Å². The Morgan fingerprint density at radius 3 is 2.69 bits per heavy atom. The van der Waals surface area contributed by atoms with Crippen molar-refractivity contribution in [1.82, 2.24) is 10.3 Å². The lowest BCUT2D eigenvalue weighted by atomic mass is 9.81. The van der Waals surface area contributed by atoms with Crippen LogP contribution in [0.4, 0.5) is 13.2 Å². The Kier molecular flexibility index (Phi) is 5.51. The topological polar surface area (TPSA) is 42.0 Å². The largest absolute Gasteiger partial charge is 0.416 e. The second kappa shape index (κ2) is 7.66. The molecule has 1 aromatic carbocycles. The summed E-state index contributed by atoms with van der Waals surface area (Å²) in [6.45, 7) is 0. The monoisotopic (exact) mass is 382 g/mol. The SMILES string of the molecule is O=C(N[C@@H]1CCC[C@H](c2cc(C(F)(F)F)ccc2Cl)C1)c1ccccn1. The Morgan fingerprint density at radius 2 is 2.00 bits per heavy atom. The van der Waals surface area contributed by atoms with Crippen molar-refractivity contribution in [3.63, 3.8) is 0 Å². The molecule has 1 N–H and O–H groups in total. The van der Waals surface area contributed by atoms with Gasteiger partial charge in [-0.1, -0.05) is 24.1 Å². The van der Waals surface area contributed by atoms with Gasteiger partial charge >= 0.3 is 6.18 Å². The number of hydrogen-bond donors (Lipinski definition) is 1. The van der Waals surface area contributed by atoms with Gasteiger partial charge < -0.3 is 5.32 Å². The zero-order valence-electron chi connectivity index (χ0n) is 13.9. The van der Waals surface area contributed by atoms with E-state index in [9.17, 15) is 18.0 Å². The average Bonchev–Trinajstić information content (AvgIpc) is 2.62. The van der Waals surface area contributed by atoms with E-state index in [1.165, 1.54) is 6.07 Å². The molecule has 138 valence electrons. The molecular formula is C19H18ClF3N2O. The van der Waals surface area contributed by atoms with Crippen LogP contribution >= 0.6 is 11.6 Å². The molecule has 0 saturated heterocycles. The van der Waals surface area contributed by atoms with Crippen LogP contribution in [0.3, 0.4) is 0 Å². The fourth-order valence-electron chi connectivity index (χ4n) is 3.39. The quantitative estimate of drug-likeness (QED) is 0.791. The number of alkyl halides is 3. The number of rotatable bonds is 3. The second-order valence-corrected chi connectivity index (χ2v) is 6.89. The average molecular weight is 383 g/mol. The van der Waals surface area contributed by atoms with Crippen LogP contribution < -0.4 is 5.32 Å². The van der Waals surface area contributed by atoms with Crippen LogP contribution in [0.2, 0.25) is 5.02 Å². The number of nitrogens with zero attached hydrogens (tertiary/aromatic N) is 1. The molecule has 1 heterocycles. The number of hydrogen-bond acceptors (Lipinski definition) is 2. The second-order valence-electron chi connectivity index (χ2n) is 6.48. The molecule has 1 aliphatic carbocycles. The van der Waals surface area contributed by atoms with Gasteiger partial charge in [-0.05, 0) is 61.1 Å². The maximum absolute atomic E-state index is 13.0. The highest BCUT2D eigenvalue weighted by Gasteiger charge is 2.33. The van der Waals surface area contributed by atoms with Gasteiger partial charge in [0.25, 0.3) is 5.91 Å². The smallest absolute Gasteiger partial charge is 0.348 e. The van der Waals surface area contributed by atoms with E-state index in [0.29, 0.717) is 22.7 Å². The van der Waals surface area contributed by atoms with E-state index in [2.05, 4.69) is 10.3 Å². The number of benzene rings is 1. The molecule has 1 aromatic heterocycles. The standard InChI is InChI=1S/C19H18ClF3N2O/c20-16-8-7-13(19(21,22)23)11-15(16)12-4-3-5-14(10-12)25-18(26)17-6-1-2-9-24-17/h1-2,6-9,11-12,14H,3-5,10H2,(H,25,26)/t12-,14+/m0/s1. The Balaban J connectivity index is 1.74. The summed E-state index contributed by atoms with van der Waals surface area (Å²) in [7, 11) is 0. The maximum Gasteiger partial charge on any atom is 0.416 e. The first-order valence-corrected chi connectivity index (χ1v) is 8.81. The van der Waals surface area contributed by atoms with Gasteiger partial charge in [0.1, 0.15) is 5.69 Å². The first-order chi connectivity index (χ1) is 12.3. The summed E-state index contributed by atoms with van der Waals surface area (Å²) in [6.07, 6.45) is 0.0360. The highest BCUT2D eigenvalue weighted by atomic mass is 35.5. The third kappa shape index (κ3) is 4.36. The third-order valence-corrected chi connectivity index (χ3v) is 5.01. The molecule has 2 atom stereocenters. The predicted molar refractivity (Wildman–Crippen MR) is 93.2 cm³/mol. The maximum atomic E-state index is 13.0. The molecule has 26 heavy (non-hydrogen) atoms. The molecule has 0 spiro atoms. The van der Waals surface area contributed by atoms with E-state index in [-0.39, 0.29) is 17.9 Å². The summed E-state index contributed by atoms with van der Waals surface area (Å²) in [5, 5.41) is 3.27. The van der Waals surface area contributed by atoms with Crippen LogP contribution in [0, 0.1) is 0 Å². The fourth-order valence-corrected chi connectivity index (χ4v) is 3.66. The summed E-state index contributed by atoms with van der Waals surface area (Å²) in [6, 6.07) is 8.39. The number of amides is 1. The molecule has 0 radical (unpaired) electrons. The van der Waals surface area contributed by atoms with Crippen molar-refractivity contribution in [2.24, 2.45) is 0 Å². The first-order valence-electron chi connectivity index (χ1n) is 8.43. The van der Waals surface area contributed by atoms with Gasteiger partial charge in [-0.3, -0.25) is 9.78 Å². The fraction of sp³-hybridized carbons (Fsp3) is 0.368. The van der Waals surface area contributed by atoms with Crippen LogP contribution in [0.5, 0.6) is 0 Å². The zero-order valence-corrected chi connectivity index (χ0v) is 14.6. The molecule has 1 saturated carbocycles. The van der Waals surface area contributed by atoms with Crippen LogP contribution in [0.15, 0.2) is 42.6 Å². The van der Waals surface area contributed by atoms with E-state index in [0.717, 1.165) is 31.4 Å². The molecule has 7 heteroatoms. The van der Waals surface area contributed by atoms with Crippen LogP contribution in [-0.2, 0) is 6.18 Å². The Bertz CT molecular complexity index is 780. The van der Waals surface area contributed by atoms with Gasteiger partial charge in [0.05, 0.1) is 5.56 Å². The van der Waals surface area contributed by atoms with E-state index in [1.807, 2.05) is 0 Å². The van der Waals surface area contributed by atoms with Crippen molar-refractivity contribution in [2.45, 2.75) is 43.8 Å². The van der Waals surface area contributed by atoms with E-state index in [4.69, 9.17) is 11.6 Å². The van der Waals surface area contributed by atoms with Crippen molar-refractivity contribution in [3.05, 3.63) is 64.4 Å². The Morgan fingerprint density at radius 1 is 1.19 bits per heavy atom. The van der Waals surface area contributed by atoms with Gasteiger partial charge in [0.15, 0.2) is 0 Å². The molecule has 0 aliphatic heterocycles. The molecule has 3 rings (SSSR count). The number of nitrogens with one attached hydrogen (secondary N) is 1. The number of carbonyl (C=O) groups is 1. The lowest BCUT2D eigenvalue weighted by molar-refractivity contribution is -0.137. The third-order valence-electron chi connectivity index (χ3n) is 4.67. The van der Waals surface area contributed by atoms with E-state index >= 15 is 0 Å². The van der Waals surface area contributed by atoms with Gasteiger partial charge in [-0.15, -0.1) is 0 Å². The molecule has 0 unspecified atom stereocenters. The minimum Gasteiger partial charge on any atom is -0.348 e. The number of pyridine rings is 1. The highest BCUT2D eigenvalue weighted by molar-refractivity contribution is 6.31. The Hall–Kier alpha value is -2.08. The number of halogens is 4. The first kappa shape index (κ1) is 18.7. The molecule has 1 fully saturated rings. The summed E-state index contributed by atoms with van der Waals surface area (Å²) in [5.74, 6) is -0.390. The summed E-state index contributed by atoms with van der Waals surface area (Å²) in [4.78, 5) is 16.3. The van der Waals surface area contributed by atoms with Gasteiger partial charge in [-0.2, -0.15) is 13.2 Å². The molecule has 2 aromatic rings. The van der Waals surface area contributed by atoms with Crippen LogP contribution in [0.1, 0.15) is 53.2 Å². The van der Waals surface area contributed by atoms with Gasteiger partial charge in [0.2, 0.25) is 0 Å². The van der Waals surface area contributed by atoms with Crippen molar-refractivity contribution in [2.75, 3.05) is 0 Å². The predicted octanol–water partition coefficient (Wildman–Crippen LogP) is 5.21. The van der Waals surface area contributed by atoms with Crippen molar-refractivity contribution < 1.29 is 18.0 Å². The molecule has 1 amide bonds. The lowest BCUT2D eigenvalue weighted by Gasteiger charge is -2.30. The Labute approximate surface area is 154 Å². The summed E-state index contributed by atoms with van der Waals surface area (Å²) in [5.41, 5.74) is 0.126. The minimum atomic E-state index is -4.40. The number of aromatic nitrogens is 1. The van der Waals surface area contributed by atoms with E-state index < -0.39 is 11.7 Å². The summed E-state index contributed by atoms with van der Waals surface area (Å²) >= 11 is 6.16. The normalized spacial score (nSPS) is 20.6. The van der Waals surface area contributed by atoms with E-state index in [1.54, 1.807) is 24.4 Å². The van der Waals surface area contributed by atoms with Crippen LogP contribution in [0.25, 0.3) is 0 Å². The van der Waals surface area contributed by atoms with Crippen molar-refractivity contribution >= 4 is 17.5 Å². The molecular weight excluding hydrogens is 365 g/mol. The molecule has 3 nitrogen and oxygen atoms in total. The highest BCUT2D eigenvalue weighted by Crippen LogP contribution is 2.39. The van der Waals surface area contributed by atoms with Gasteiger partial charge in [0, 0.05) is 17.3 Å².